The van der Waals surface area contributed by atoms with E-state index in [0.29, 0.717) is 5.57 Å². The number of ether oxygens (including phenoxy) is 1. The van der Waals surface area contributed by atoms with Crippen molar-refractivity contribution in [1.29, 1.82) is 0 Å². The zero-order chi connectivity index (χ0) is 21.9. The molecule has 3 N–H and O–H groups in total. The lowest BCUT2D eigenvalue weighted by atomic mass is 10.0. The SMILES string of the molecule is COC(=O)c1ccc(S(N)(=O)=O)cc1NC(=O)/C=C(/C)c1ccc2ccccc2c1. The van der Waals surface area contributed by atoms with E-state index in [0.717, 1.165) is 22.4 Å². The van der Waals surface area contributed by atoms with Gasteiger partial charge in [0.1, 0.15) is 0 Å². The van der Waals surface area contributed by atoms with Crippen molar-refractivity contribution in [3.63, 3.8) is 0 Å². The molecule has 0 heterocycles. The number of anilines is 1. The van der Waals surface area contributed by atoms with Crippen molar-refractivity contribution in [3.8, 4) is 0 Å². The molecular formula is C22H20N2O5S. The van der Waals surface area contributed by atoms with Crippen LogP contribution in [0.1, 0.15) is 22.8 Å². The molecule has 3 aromatic carbocycles. The number of nitrogens with two attached hydrogens (primary N) is 1. The molecule has 0 aliphatic carbocycles. The summed E-state index contributed by atoms with van der Waals surface area (Å²) in [6.45, 7) is 1.78. The molecule has 0 radical (unpaired) electrons. The molecule has 8 heteroatoms. The van der Waals surface area contributed by atoms with Gasteiger partial charge in [-0.2, -0.15) is 0 Å². The second-order valence-electron chi connectivity index (χ2n) is 6.62. The number of carbonyl (C=O) groups is 2. The second kappa shape index (κ2) is 8.48. The van der Waals surface area contributed by atoms with Crippen molar-refractivity contribution in [3.05, 3.63) is 77.9 Å². The Morgan fingerprint density at radius 1 is 1.00 bits per heavy atom. The zero-order valence-electron chi connectivity index (χ0n) is 16.4. The van der Waals surface area contributed by atoms with Crippen molar-refractivity contribution in [2.75, 3.05) is 12.4 Å². The molecule has 154 valence electrons. The summed E-state index contributed by atoms with van der Waals surface area (Å²) in [5, 5.41) is 9.81. The number of primary sulfonamides is 1. The summed E-state index contributed by atoms with van der Waals surface area (Å²) in [4.78, 5) is 24.3. The van der Waals surface area contributed by atoms with Gasteiger partial charge in [-0.05, 0) is 53.1 Å². The highest BCUT2D eigenvalue weighted by Gasteiger charge is 2.18. The van der Waals surface area contributed by atoms with Crippen LogP contribution in [0.5, 0.6) is 0 Å². The standard InChI is InChI=1S/C22H20N2O5S/c1-14(16-8-7-15-5-3-4-6-17(15)12-16)11-21(25)24-20-13-18(30(23,27)28)9-10-19(20)22(26)29-2/h3-13H,1-2H3,(H,24,25)(H2,23,27,28)/b14-11-. The van der Waals surface area contributed by atoms with E-state index in [1.807, 2.05) is 42.5 Å². The fourth-order valence-electron chi connectivity index (χ4n) is 2.98. The van der Waals surface area contributed by atoms with E-state index in [9.17, 15) is 18.0 Å². The Kier molecular flexibility index (Phi) is 6.00. The fourth-order valence-corrected chi connectivity index (χ4v) is 3.51. The number of rotatable bonds is 5. The van der Waals surface area contributed by atoms with Gasteiger partial charge in [0, 0.05) is 6.08 Å². The van der Waals surface area contributed by atoms with Crippen molar-refractivity contribution >= 4 is 43.9 Å². The highest BCUT2D eigenvalue weighted by atomic mass is 32.2. The quantitative estimate of drug-likeness (QED) is 0.482. The van der Waals surface area contributed by atoms with Gasteiger partial charge in [0.2, 0.25) is 15.9 Å². The van der Waals surface area contributed by atoms with E-state index in [1.54, 1.807) is 6.92 Å². The van der Waals surface area contributed by atoms with E-state index < -0.39 is 21.9 Å². The summed E-state index contributed by atoms with van der Waals surface area (Å²) >= 11 is 0. The lowest BCUT2D eigenvalue weighted by Crippen LogP contribution is -2.17. The monoisotopic (exact) mass is 424 g/mol. The maximum Gasteiger partial charge on any atom is 0.339 e. The van der Waals surface area contributed by atoms with Gasteiger partial charge < -0.3 is 10.1 Å². The average Bonchev–Trinajstić information content (AvgIpc) is 2.72. The Bertz CT molecular complexity index is 1280. The molecule has 0 spiro atoms. The number of methoxy groups -OCH3 is 1. The van der Waals surface area contributed by atoms with Gasteiger partial charge in [0.25, 0.3) is 0 Å². The molecule has 0 bridgehead atoms. The van der Waals surface area contributed by atoms with Crippen LogP contribution < -0.4 is 10.5 Å². The summed E-state index contributed by atoms with van der Waals surface area (Å²) in [7, 11) is -2.83. The first-order valence-corrected chi connectivity index (χ1v) is 10.5. The summed E-state index contributed by atoms with van der Waals surface area (Å²) in [6.07, 6.45) is 1.37. The molecule has 0 atom stereocenters. The lowest BCUT2D eigenvalue weighted by molar-refractivity contribution is -0.111. The minimum Gasteiger partial charge on any atom is -0.465 e. The number of nitrogens with one attached hydrogen (secondary N) is 1. The highest BCUT2D eigenvalue weighted by molar-refractivity contribution is 7.89. The van der Waals surface area contributed by atoms with Crippen molar-refractivity contribution in [1.82, 2.24) is 0 Å². The zero-order valence-corrected chi connectivity index (χ0v) is 17.2. The van der Waals surface area contributed by atoms with Gasteiger partial charge in [-0.15, -0.1) is 0 Å². The predicted molar refractivity (Wildman–Crippen MR) is 115 cm³/mol. The third kappa shape index (κ3) is 4.73. The lowest BCUT2D eigenvalue weighted by Gasteiger charge is -2.11. The van der Waals surface area contributed by atoms with Crippen molar-refractivity contribution in [2.45, 2.75) is 11.8 Å². The Morgan fingerprint density at radius 2 is 1.70 bits per heavy atom. The molecule has 0 fully saturated rings. The third-order valence-corrected chi connectivity index (χ3v) is 5.45. The second-order valence-corrected chi connectivity index (χ2v) is 8.18. The molecule has 0 saturated carbocycles. The number of carbonyl (C=O) groups excluding carboxylic acids is 2. The Morgan fingerprint density at radius 3 is 2.37 bits per heavy atom. The third-order valence-electron chi connectivity index (χ3n) is 4.54. The van der Waals surface area contributed by atoms with E-state index in [-0.39, 0.29) is 16.1 Å². The first-order valence-electron chi connectivity index (χ1n) is 8.92. The fraction of sp³-hybridized carbons (Fsp3) is 0.0909. The van der Waals surface area contributed by atoms with Gasteiger partial charge in [-0.3, -0.25) is 4.79 Å². The molecule has 0 aliphatic rings. The van der Waals surface area contributed by atoms with Crippen LogP contribution in [-0.2, 0) is 19.6 Å². The van der Waals surface area contributed by atoms with E-state index in [4.69, 9.17) is 5.14 Å². The molecule has 0 aromatic heterocycles. The molecule has 0 aliphatic heterocycles. The van der Waals surface area contributed by atoms with Crippen LogP contribution in [0.15, 0.2) is 71.6 Å². The summed E-state index contributed by atoms with van der Waals surface area (Å²) in [5.41, 5.74) is 1.55. The minimum atomic E-state index is -4.02. The smallest absolute Gasteiger partial charge is 0.339 e. The predicted octanol–water partition coefficient (Wildman–Crippen LogP) is 3.32. The molecule has 30 heavy (non-hydrogen) atoms. The summed E-state index contributed by atoms with van der Waals surface area (Å²) in [5.74, 6) is -1.25. The van der Waals surface area contributed by atoms with Crippen molar-refractivity contribution < 1.29 is 22.7 Å². The maximum atomic E-state index is 12.6. The average molecular weight is 424 g/mol. The minimum absolute atomic E-state index is 0.00927. The van der Waals surface area contributed by atoms with Crippen molar-refractivity contribution in [2.24, 2.45) is 5.14 Å². The molecule has 1 amide bonds. The summed E-state index contributed by atoms with van der Waals surface area (Å²) in [6, 6.07) is 17.2. The Balaban J connectivity index is 1.92. The Labute approximate surface area is 174 Å². The molecule has 0 unspecified atom stereocenters. The molecule has 0 saturated heterocycles. The largest absolute Gasteiger partial charge is 0.465 e. The van der Waals surface area contributed by atoms with Gasteiger partial charge in [-0.1, -0.05) is 36.4 Å². The number of benzene rings is 3. The van der Waals surface area contributed by atoms with Gasteiger partial charge in [-0.25, -0.2) is 18.4 Å². The number of amides is 1. The van der Waals surface area contributed by atoms with Crippen LogP contribution in [0.25, 0.3) is 16.3 Å². The van der Waals surface area contributed by atoms with E-state index >= 15 is 0 Å². The first kappa shape index (κ1) is 21.2. The molecule has 3 rings (SSSR count). The molecular weight excluding hydrogens is 404 g/mol. The van der Waals surface area contributed by atoms with Gasteiger partial charge >= 0.3 is 5.97 Å². The van der Waals surface area contributed by atoms with Crippen LogP contribution in [-0.4, -0.2) is 27.4 Å². The maximum absolute atomic E-state index is 12.6. The first-order chi connectivity index (χ1) is 14.2. The van der Waals surface area contributed by atoms with Crippen LogP contribution >= 0.6 is 0 Å². The number of fused-ring (bicyclic) bond motifs is 1. The van der Waals surface area contributed by atoms with Crippen LogP contribution in [0.3, 0.4) is 0 Å². The highest BCUT2D eigenvalue weighted by Crippen LogP contribution is 2.23. The van der Waals surface area contributed by atoms with Gasteiger partial charge in [0.05, 0.1) is 23.3 Å². The van der Waals surface area contributed by atoms with Crippen LogP contribution in [0, 0.1) is 0 Å². The van der Waals surface area contributed by atoms with E-state index in [2.05, 4.69) is 10.1 Å². The number of hydrogen-bond donors (Lipinski definition) is 2. The normalized spacial score (nSPS) is 11.9. The number of allylic oxidation sites excluding steroid dienone is 1. The van der Waals surface area contributed by atoms with E-state index in [1.165, 1.54) is 25.3 Å². The molecule has 7 nitrogen and oxygen atoms in total. The summed E-state index contributed by atoms with van der Waals surface area (Å²) < 4.78 is 27.9. The Hall–Kier alpha value is -3.49. The number of esters is 1. The van der Waals surface area contributed by atoms with Gasteiger partial charge in [0.15, 0.2) is 0 Å². The number of sulfonamides is 1. The topological polar surface area (TPSA) is 116 Å². The van der Waals surface area contributed by atoms with Crippen LogP contribution in [0.4, 0.5) is 5.69 Å². The molecule has 3 aromatic rings. The van der Waals surface area contributed by atoms with Crippen LogP contribution in [0.2, 0.25) is 0 Å². The number of hydrogen-bond acceptors (Lipinski definition) is 5.